The molecule has 7 rings (SSSR count). The summed E-state index contributed by atoms with van der Waals surface area (Å²) in [6, 6.07) is 8.11. The maximum Gasteiger partial charge on any atom is 0.239 e. The zero-order chi connectivity index (χ0) is 25.7. The molecule has 1 aromatic carbocycles. The summed E-state index contributed by atoms with van der Waals surface area (Å²) in [6.07, 6.45) is 2.74. The molecular weight excluding hydrogens is 484 g/mol. The monoisotopic (exact) mass is 518 g/mol. The Hall–Kier alpha value is -3.12. The zero-order valence-electron chi connectivity index (χ0n) is 22.1. The highest BCUT2D eigenvalue weighted by Gasteiger charge is 2.38. The first-order valence-electron chi connectivity index (χ1n) is 13.6. The summed E-state index contributed by atoms with van der Waals surface area (Å²) in [5, 5.41) is 0. The van der Waals surface area contributed by atoms with Crippen molar-refractivity contribution >= 4 is 28.0 Å². The molecule has 0 amide bonds. The molecule has 11 heteroatoms. The third kappa shape index (κ3) is 4.14. The minimum atomic E-state index is -0.392. The van der Waals surface area contributed by atoms with Gasteiger partial charge in [0.1, 0.15) is 11.6 Å². The molecule has 0 aliphatic carbocycles. The third-order valence-corrected chi connectivity index (χ3v) is 8.02. The first-order chi connectivity index (χ1) is 18.6. The Morgan fingerprint density at radius 3 is 2.45 bits per heavy atom. The minimum absolute atomic E-state index is 0.392. The number of morpholine rings is 1. The van der Waals surface area contributed by atoms with Crippen molar-refractivity contribution in [2.24, 2.45) is 7.05 Å². The molecule has 200 valence electrons. The molecule has 3 saturated heterocycles. The van der Waals surface area contributed by atoms with E-state index in [2.05, 4.69) is 27.5 Å². The molecule has 3 aliphatic rings. The summed E-state index contributed by atoms with van der Waals surface area (Å²) in [5.41, 5.74) is 3.59. The summed E-state index contributed by atoms with van der Waals surface area (Å²) >= 11 is 0. The lowest BCUT2D eigenvalue weighted by Crippen LogP contribution is -2.49. The molecule has 0 unspecified atom stereocenters. The summed E-state index contributed by atoms with van der Waals surface area (Å²) < 4.78 is 21.9. The van der Waals surface area contributed by atoms with E-state index in [1.807, 2.05) is 29.7 Å². The van der Waals surface area contributed by atoms with Crippen LogP contribution in [0, 0.1) is 6.92 Å². The average Bonchev–Trinajstić information content (AvgIpc) is 3.46. The molecular formula is C27H34N8O3. The van der Waals surface area contributed by atoms with Gasteiger partial charge in [-0.15, -0.1) is 0 Å². The standard InChI is InChI=1S/C27H34N8O3/c1-19-28-20-6-3-4-7-21(20)35(19)26-30-24-23(25(31-26)34-12-16-36-17-13-34)29-22(32(24)2)18-33-10-8-27(9-11-33)37-14-5-15-38-27/h3-4,6-7H,5,8-18H2,1-2H3. The highest BCUT2D eigenvalue weighted by Crippen LogP contribution is 2.32. The van der Waals surface area contributed by atoms with Crippen molar-refractivity contribution in [1.29, 1.82) is 0 Å². The molecule has 0 atom stereocenters. The predicted molar refractivity (Wildman–Crippen MR) is 142 cm³/mol. The fraction of sp³-hybridized carbons (Fsp3) is 0.556. The third-order valence-electron chi connectivity index (χ3n) is 8.02. The van der Waals surface area contributed by atoms with Crippen LogP contribution < -0.4 is 4.90 Å². The van der Waals surface area contributed by atoms with E-state index in [-0.39, 0.29) is 0 Å². The van der Waals surface area contributed by atoms with Crippen LogP contribution in [-0.4, -0.2) is 92.4 Å². The Bertz CT molecular complexity index is 1460. The molecule has 0 N–H and O–H groups in total. The van der Waals surface area contributed by atoms with E-state index in [1.54, 1.807) is 0 Å². The summed E-state index contributed by atoms with van der Waals surface area (Å²) in [5.74, 6) is 2.92. The number of likely N-dealkylation sites (tertiary alicyclic amines) is 1. The van der Waals surface area contributed by atoms with Gasteiger partial charge in [-0.05, 0) is 25.5 Å². The fourth-order valence-electron chi connectivity index (χ4n) is 5.87. The Kier molecular flexibility index (Phi) is 6.03. The van der Waals surface area contributed by atoms with E-state index in [9.17, 15) is 0 Å². The van der Waals surface area contributed by atoms with Crippen LogP contribution in [0.15, 0.2) is 24.3 Å². The van der Waals surface area contributed by atoms with Gasteiger partial charge in [-0.2, -0.15) is 9.97 Å². The Morgan fingerprint density at radius 1 is 0.895 bits per heavy atom. The summed E-state index contributed by atoms with van der Waals surface area (Å²) in [6.45, 7) is 9.05. The lowest BCUT2D eigenvalue weighted by atomic mass is 10.0. The van der Waals surface area contributed by atoms with Crippen LogP contribution in [0.1, 0.15) is 30.9 Å². The van der Waals surface area contributed by atoms with Crippen molar-refractivity contribution in [3.8, 4) is 5.95 Å². The molecule has 11 nitrogen and oxygen atoms in total. The number of nitrogens with zero attached hydrogens (tertiary/aromatic N) is 8. The summed E-state index contributed by atoms with van der Waals surface area (Å²) in [7, 11) is 2.06. The van der Waals surface area contributed by atoms with Crippen LogP contribution in [0.3, 0.4) is 0 Å². The van der Waals surface area contributed by atoms with Gasteiger partial charge in [-0.25, -0.2) is 9.97 Å². The molecule has 38 heavy (non-hydrogen) atoms. The topological polar surface area (TPSA) is 95.6 Å². The van der Waals surface area contributed by atoms with Crippen LogP contribution >= 0.6 is 0 Å². The highest BCUT2D eigenvalue weighted by molar-refractivity contribution is 5.86. The fourth-order valence-corrected chi connectivity index (χ4v) is 5.87. The van der Waals surface area contributed by atoms with Crippen LogP contribution in [0.4, 0.5) is 5.82 Å². The lowest BCUT2D eigenvalue weighted by molar-refractivity contribution is -0.284. The molecule has 0 radical (unpaired) electrons. The van der Waals surface area contributed by atoms with E-state index in [4.69, 9.17) is 34.1 Å². The number of para-hydroxylation sites is 2. The normalized spacial score (nSPS) is 20.6. The lowest BCUT2D eigenvalue weighted by Gasteiger charge is -2.43. The van der Waals surface area contributed by atoms with Gasteiger partial charge in [0.25, 0.3) is 0 Å². The number of benzene rings is 1. The van der Waals surface area contributed by atoms with E-state index < -0.39 is 5.79 Å². The molecule has 6 heterocycles. The van der Waals surface area contributed by atoms with E-state index in [0.717, 1.165) is 105 Å². The number of hydrogen-bond donors (Lipinski definition) is 0. The van der Waals surface area contributed by atoms with Gasteiger partial charge in [0.15, 0.2) is 22.8 Å². The van der Waals surface area contributed by atoms with Gasteiger partial charge in [0.05, 0.1) is 44.0 Å². The SMILES string of the molecule is Cc1nc2ccccc2n1-c1nc(N2CCOCC2)c2nc(CN3CCC4(CC3)OCCCO4)n(C)c2n1. The van der Waals surface area contributed by atoms with Crippen molar-refractivity contribution in [2.45, 2.75) is 38.5 Å². The van der Waals surface area contributed by atoms with Crippen LogP contribution in [0.5, 0.6) is 0 Å². The van der Waals surface area contributed by atoms with Crippen LogP contribution in [0.25, 0.3) is 28.1 Å². The minimum Gasteiger partial charge on any atom is -0.378 e. The average molecular weight is 519 g/mol. The number of anilines is 1. The van der Waals surface area contributed by atoms with Crippen molar-refractivity contribution in [3.63, 3.8) is 0 Å². The van der Waals surface area contributed by atoms with Crippen LogP contribution in [0.2, 0.25) is 0 Å². The second kappa shape index (κ2) is 9.57. The Labute approximate surface area is 221 Å². The number of fused-ring (bicyclic) bond motifs is 2. The van der Waals surface area contributed by atoms with Crippen molar-refractivity contribution < 1.29 is 14.2 Å². The molecule has 3 aliphatic heterocycles. The number of aromatic nitrogens is 6. The first-order valence-corrected chi connectivity index (χ1v) is 13.6. The number of hydrogen-bond acceptors (Lipinski definition) is 9. The maximum absolute atomic E-state index is 6.04. The zero-order valence-corrected chi connectivity index (χ0v) is 22.1. The molecule has 1 spiro atoms. The molecule has 4 aromatic rings. The molecule has 0 bridgehead atoms. The number of imidazole rings is 2. The first kappa shape index (κ1) is 24.0. The van der Waals surface area contributed by atoms with Gasteiger partial charge in [0.2, 0.25) is 5.95 Å². The highest BCUT2D eigenvalue weighted by atomic mass is 16.7. The van der Waals surface area contributed by atoms with E-state index in [1.165, 1.54) is 0 Å². The van der Waals surface area contributed by atoms with Gasteiger partial charge < -0.3 is 23.7 Å². The van der Waals surface area contributed by atoms with Gasteiger partial charge in [-0.1, -0.05) is 12.1 Å². The Morgan fingerprint density at radius 2 is 1.66 bits per heavy atom. The number of rotatable bonds is 4. The van der Waals surface area contributed by atoms with E-state index in [0.29, 0.717) is 19.2 Å². The molecule has 3 fully saturated rings. The maximum atomic E-state index is 6.04. The van der Waals surface area contributed by atoms with Gasteiger partial charge in [-0.3, -0.25) is 9.47 Å². The van der Waals surface area contributed by atoms with Crippen molar-refractivity contribution in [1.82, 2.24) is 34.0 Å². The second-order valence-corrected chi connectivity index (χ2v) is 10.4. The van der Waals surface area contributed by atoms with E-state index >= 15 is 0 Å². The van der Waals surface area contributed by atoms with Crippen LogP contribution in [-0.2, 0) is 27.8 Å². The predicted octanol–water partition coefficient (Wildman–Crippen LogP) is 2.58. The molecule has 3 aromatic heterocycles. The summed E-state index contributed by atoms with van der Waals surface area (Å²) in [4.78, 5) is 24.7. The number of aryl methyl sites for hydroxylation is 2. The number of ether oxygens (including phenoxy) is 3. The number of piperidine rings is 1. The van der Waals surface area contributed by atoms with Gasteiger partial charge >= 0.3 is 0 Å². The largest absolute Gasteiger partial charge is 0.378 e. The quantitative estimate of drug-likeness (QED) is 0.404. The van der Waals surface area contributed by atoms with Gasteiger partial charge in [0, 0.05) is 46.1 Å². The van der Waals surface area contributed by atoms with Crippen molar-refractivity contribution in [3.05, 3.63) is 35.9 Å². The Balaban J connectivity index is 1.26. The smallest absolute Gasteiger partial charge is 0.239 e. The molecule has 0 saturated carbocycles. The van der Waals surface area contributed by atoms with Crippen molar-refractivity contribution in [2.75, 3.05) is 57.5 Å². The second-order valence-electron chi connectivity index (χ2n) is 10.4.